The van der Waals surface area contributed by atoms with Crippen molar-refractivity contribution in [3.8, 4) is 11.8 Å². The maximum Gasteiger partial charge on any atom is 0.341 e. The summed E-state index contributed by atoms with van der Waals surface area (Å²) in [5.41, 5.74) is 5.20. The Balaban J connectivity index is 2.71. The summed E-state index contributed by atoms with van der Waals surface area (Å²) in [4.78, 5) is 15.8. The first-order chi connectivity index (χ1) is 6.24. The number of hydrogen-bond donors (Lipinski definition) is 2. The number of nitrogens with zero attached hydrogens (tertiary/aromatic N) is 2. The molecule has 1 aromatic heterocycles. The van der Waals surface area contributed by atoms with E-state index in [2.05, 4.69) is 21.8 Å². The molecule has 0 bridgehead atoms. The summed E-state index contributed by atoms with van der Waals surface area (Å²) in [6.45, 7) is 0.468. The van der Waals surface area contributed by atoms with E-state index in [1.807, 2.05) is 0 Å². The average Bonchev–Trinajstić information content (AvgIpc) is 2.53. The summed E-state index contributed by atoms with van der Waals surface area (Å²) in [6, 6.07) is 0. The molecule has 0 aliphatic carbocycles. The van der Waals surface area contributed by atoms with Crippen LogP contribution in [0.3, 0.4) is 0 Å². The molecule has 6 nitrogen and oxygen atoms in total. The lowest BCUT2D eigenvalue weighted by atomic mass is 10.4. The van der Waals surface area contributed by atoms with Gasteiger partial charge in [0.25, 0.3) is 5.82 Å². The van der Waals surface area contributed by atoms with Gasteiger partial charge in [-0.05, 0) is 10.8 Å². The fourth-order valence-corrected chi connectivity index (χ4v) is 0.686. The highest BCUT2D eigenvalue weighted by Crippen LogP contribution is 2.04. The Morgan fingerprint density at radius 3 is 3.08 bits per heavy atom. The van der Waals surface area contributed by atoms with Crippen molar-refractivity contribution in [3.05, 3.63) is 22.1 Å². The quantitative estimate of drug-likeness (QED) is 0.380. The van der Waals surface area contributed by atoms with Gasteiger partial charge in [-0.15, -0.1) is 0 Å². The minimum atomic E-state index is -0.554. The van der Waals surface area contributed by atoms with Crippen LogP contribution in [0.25, 0.3) is 0 Å². The zero-order valence-electron chi connectivity index (χ0n) is 6.78. The third-order valence-corrected chi connectivity index (χ3v) is 1.24. The van der Waals surface area contributed by atoms with E-state index in [4.69, 9.17) is 5.73 Å². The molecule has 0 aromatic carbocycles. The predicted molar refractivity (Wildman–Crippen MR) is 45.8 cm³/mol. The number of aromatic nitrogens is 2. The van der Waals surface area contributed by atoms with Crippen molar-refractivity contribution in [2.45, 2.75) is 6.42 Å². The van der Waals surface area contributed by atoms with E-state index in [0.717, 1.165) is 6.20 Å². The van der Waals surface area contributed by atoms with Crippen LogP contribution >= 0.6 is 0 Å². The van der Waals surface area contributed by atoms with Crippen molar-refractivity contribution in [3.63, 3.8) is 0 Å². The topological polar surface area (TPSA) is 97.8 Å². The lowest BCUT2D eigenvalue weighted by molar-refractivity contribution is -0.389. The van der Waals surface area contributed by atoms with Gasteiger partial charge in [0.2, 0.25) is 0 Å². The van der Waals surface area contributed by atoms with E-state index < -0.39 is 4.92 Å². The highest BCUT2D eigenvalue weighted by molar-refractivity contribution is 5.27. The standard InChI is InChI=1S/C7H8N4O2/c8-4-2-1-3-6-9-5-7(10-6)11(12)13/h5H,2,4,8H2,(H,9,10). The number of nitrogens with one attached hydrogen (secondary N) is 1. The molecule has 0 aliphatic heterocycles. The molecule has 68 valence electrons. The molecule has 0 spiro atoms. The SMILES string of the molecule is NCCC#Cc1ncc([N+](=O)[O-])[nH]1. The third kappa shape index (κ3) is 2.57. The van der Waals surface area contributed by atoms with E-state index in [-0.39, 0.29) is 5.82 Å². The first kappa shape index (κ1) is 9.22. The first-order valence-electron chi connectivity index (χ1n) is 3.62. The van der Waals surface area contributed by atoms with Gasteiger partial charge in [-0.3, -0.25) is 0 Å². The molecule has 0 radical (unpaired) electrons. The van der Waals surface area contributed by atoms with Crippen LogP contribution in [0.4, 0.5) is 5.82 Å². The molecule has 0 saturated heterocycles. The summed E-state index contributed by atoms with van der Waals surface area (Å²) < 4.78 is 0. The van der Waals surface area contributed by atoms with Gasteiger partial charge >= 0.3 is 5.82 Å². The number of nitrogens with two attached hydrogens (primary N) is 1. The van der Waals surface area contributed by atoms with Crippen LogP contribution in [-0.4, -0.2) is 21.4 Å². The zero-order valence-corrected chi connectivity index (χ0v) is 6.78. The molecule has 0 saturated carbocycles. The van der Waals surface area contributed by atoms with Crippen LogP contribution in [0.15, 0.2) is 6.20 Å². The van der Waals surface area contributed by atoms with Crippen LogP contribution in [-0.2, 0) is 0 Å². The lowest BCUT2D eigenvalue weighted by Crippen LogP contribution is -1.95. The normalized spacial score (nSPS) is 9.00. The second kappa shape index (κ2) is 4.23. The molecule has 0 fully saturated rings. The number of nitro groups is 1. The highest BCUT2D eigenvalue weighted by atomic mass is 16.6. The molecule has 0 unspecified atom stereocenters. The maximum atomic E-state index is 10.2. The molecule has 3 N–H and O–H groups in total. The Labute approximate surface area is 74.3 Å². The Bertz CT molecular complexity index is 360. The maximum absolute atomic E-state index is 10.2. The molecule has 0 amide bonds. The van der Waals surface area contributed by atoms with Gasteiger partial charge in [0.1, 0.15) is 6.20 Å². The Morgan fingerprint density at radius 1 is 1.77 bits per heavy atom. The van der Waals surface area contributed by atoms with Crippen molar-refractivity contribution < 1.29 is 4.92 Å². The fourth-order valence-electron chi connectivity index (χ4n) is 0.686. The smallest absolute Gasteiger partial charge is 0.341 e. The monoisotopic (exact) mass is 180 g/mol. The van der Waals surface area contributed by atoms with Gasteiger partial charge in [-0.1, -0.05) is 5.92 Å². The van der Waals surface area contributed by atoms with E-state index in [9.17, 15) is 10.1 Å². The number of hydrogen-bond acceptors (Lipinski definition) is 4. The fraction of sp³-hybridized carbons (Fsp3) is 0.286. The van der Waals surface area contributed by atoms with Crippen molar-refractivity contribution >= 4 is 5.82 Å². The molecule has 13 heavy (non-hydrogen) atoms. The van der Waals surface area contributed by atoms with Crippen molar-refractivity contribution in [2.75, 3.05) is 6.54 Å². The van der Waals surface area contributed by atoms with E-state index in [0.29, 0.717) is 18.8 Å². The zero-order chi connectivity index (χ0) is 9.68. The number of H-pyrrole nitrogens is 1. The molecule has 0 atom stereocenters. The van der Waals surface area contributed by atoms with Gasteiger partial charge < -0.3 is 15.8 Å². The molecule has 1 aromatic rings. The van der Waals surface area contributed by atoms with Gasteiger partial charge in [0.15, 0.2) is 0 Å². The summed E-state index contributed by atoms with van der Waals surface area (Å²) in [5, 5.41) is 10.2. The van der Waals surface area contributed by atoms with Gasteiger partial charge in [-0.25, -0.2) is 9.97 Å². The summed E-state index contributed by atoms with van der Waals surface area (Å²) in [6.07, 6.45) is 1.68. The molecule has 1 rings (SSSR count). The number of rotatable bonds is 2. The molecule has 1 heterocycles. The van der Waals surface area contributed by atoms with Crippen LogP contribution in [0.1, 0.15) is 12.2 Å². The predicted octanol–water partition coefficient (Wildman–Crippen LogP) is 0.0182. The largest absolute Gasteiger partial charge is 0.358 e. The van der Waals surface area contributed by atoms with Crippen LogP contribution in [0, 0.1) is 22.0 Å². The second-order valence-electron chi connectivity index (χ2n) is 2.21. The second-order valence-corrected chi connectivity index (χ2v) is 2.21. The van der Waals surface area contributed by atoms with E-state index in [1.54, 1.807) is 0 Å². The van der Waals surface area contributed by atoms with Gasteiger partial charge in [0.05, 0.1) is 0 Å². The first-order valence-corrected chi connectivity index (χ1v) is 3.62. The Kier molecular flexibility index (Phi) is 3.00. The van der Waals surface area contributed by atoms with Crippen molar-refractivity contribution in [1.29, 1.82) is 0 Å². The number of imidazole rings is 1. The average molecular weight is 180 g/mol. The van der Waals surface area contributed by atoms with Crippen molar-refractivity contribution in [2.24, 2.45) is 5.73 Å². The summed E-state index contributed by atoms with van der Waals surface area (Å²) >= 11 is 0. The minimum absolute atomic E-state index is 0.156. The minimum Gasteiger partial charge on any atom is -0.358 e. The Hall–Kier alpha value is -1.87. The van der Waals surface area contributed by atoms with E-state index in [1.165, 1.54) is 0 Å². The molecular formula is C7H8N4O2. The highest BCUT2D eigenvalue weighted by Gasteiger charge is 2.06. The lowest BCUT2D eigenvalue weighted by Gasteiger charge is -1.84. The third-order valence-electron chi connectivity index (χ3n) is 1.24. The van der Waals surface area contributed by atoms with Crippen LogP contribution in [0.5, 0.6) is 0 Å². The number of aromatic amines is 1. The van der Waals surface area contributed by atoms with Gasteiger partial charge in [-0.2, -0.15) is 0 Å². The van der Waals surface area contributed by atoms with Crippen molar-refractivity contribution in [1.82, 2.24) is 9.97 Å². The molecule has 0 aliphatic rings. The Morgan fingerprint density at radius 2 is 2.54 bits per heavy atom. The summed E-state index contributed by atoms with van der Waals surface area (Å²) in [7, 11) is 0. The summed E-state index contributed by atoms with van der Waals surface area (Å²) in [5.74, 6) is 5.47. The van der Waals surface area contributed by atoms with Crippen LogP contribution < -0.4 is 5.73 Å². The van der Waals surface area contributed by atoms with E-state index >= 15 is 0 Å². The molecule has 6 heteroatoms. The van der Waals surface area contributed by atoms with Crippen LogP contribution in [0.2, 0.25) is 0 Å². The molecular weight excluding hydrogens is 172 g/mol. The van der Waals surface area contributed by atoms with Gasteiger partial charge in [0, 0.05) is 13.0 Å².